The van der Waals surface area contributed by atoms with Crippen LogP contribution in [0.2, 0.25) is 0 Å². The molecule has 0 radical (unpaired) electrons. The van der Waals surface area contributed by atoms with E-state index in [4.69, 9.17) is 0 Å². The van der Waals surface area contributed by atoms with Crippen LogP contribution in [0.15, 0.2) is 42.5 Å². The number of hydrogen-bond acceptors (Lipinski definition) is 1. The molecule has 70 valence electrons. The summed E-state index contributed by atoms with van der Waals surface area (Å²) >= 11 is 0. The molecule has 1 heterocycles. The molecule has 0 unspecified atom stereocenters. The van der Waals surface area contributed by atoms with E-state index in [0.29, 0.717) is 11.3 Å². The van der Waals surface area contributed by atoms with Gasteiger partial charge in [-0.1, -0.05) is 18.2 Å². The Hall–Kier alpha value is -1.77. The molecule has 2 rings (SSSR count). The predicted molar refractivity (Wildman–Crippen MR) is 49.6 cm³/mol. The monoisotopic (exact) mass is 191 g/mol. The Morgan fingerprint density at radius 2 is 1.71 bits per heavy atom. The topological polar surface area (TPSA) is 12.9 Å². The number of benzene rings is 1. The van der Waals surface area contributed by atoms with Crippen molar-refractivity contribution in [1.82, 2.24) is 4.98 Å². The highest BCUT2D eigenvalue weighted by Gasteiger charge is 2.01. The fourth-order valence-electron chi connectivity index (χ4n) is 1.22. The second-order valence-corrected chi connectivity index (χ2v) is 2.86. The molecule has 1 aromatic heterocycles. The van der Waals surface area contributed by atoms with Gasteiger partial charge in [0.2, 0.25) is 5.95 Å². The third-order valence-corrected chi connectivity index (χ3v) is 1.84. The minimum atomic E-state index is -0.563. The summed E-state index contributed by atoms with van der Waals surface area (Å²) in [4.78, 5) is 3.65. The van der Waals surface area contributed by atoms with Crippen molar-refractivity contribution in [3.8, 4) is 11.3 Å². The average Bonchev–Trinajstić information content (AvgIpc) is 2.18. The second kappa shape index (κ2) is 3.54. The molecule has 3 heteroatoms. The molecular weight excluding hydrogens is 184 g/mol. The van der Waals surface area contributed by atoms with Crippen LogP contribution in [0.4, 0.5) is 8.78 Å². The maximum Gasteiger partial charge on any atom is 0.213 e. The van der Waals surface area contributed by atoms with Crippen molar-refractivity contribution in [1.29, 1.82) is 0 Å². The van der Waals surface area contributed by atoms with Gasteiger partial charge in [0.15, 0.2) is 0 Å². The average molecular weight is 191 g/mol. The molecule has 1 aromatic carbocycles. The normalized spacial score (nSPS) is 10.1. The Morgan fingerprint density at radius 3 is 2.43 bits per heavy atom. The summed E-state index contributed by atoms with van der Waals surface area (Å²) in [6.45, 7) is 0. The third kappa shape index (κ3) is 1.76. The Bertz CT molecular complexity index is 411. The molecule has 0 amide bonds. The molecular formula is C11H7F2N. The molecule has 14 heavy (non-hydrogen) atoms. The Balaban J connectivity index is 2.49. The first-order valence-corrected chi connectivity index (χ1v) is 4.14. The number of halogens is 2. The van der Waals surface area contributed by atoms with Gasteiger partial charge in [0.05, 0.1) is 5.69 Å². The van der Waals surface area contributed by atoms with E-state index in [1.807, 2.05) is 0 Å². The predicted octanol–water partition coefficient (Wildman–Crippen LogP) is 3.03. The second-order valence-electron chi connectivity index (χ2n) is 2.86. The van der Waals surface area contributed by atoms with Crippen LogP contribution in [0.5, 0.6) is 0 Å². The van der Waals surface area contributed by atoms with Crippen molar-refractivity contribution in [2.24, 2.45) is 0 Å². The lowest BCUT2D eigenvalue weighted by Gasteiger charge is -1.99. The van der Waals surface area contributed by atoms with Crippen LogP contribution < -0.4 is 0 Å². The zero-order valence-corrected chi connectivity index (χ0v) is 7.24. The summed E-state index contributed by atoms with van der Waals surface area (Å²) in [5.41, 5.74) is 1.01. The van der Waals surface area contributed by atoms with Gasteiger partial charge >= 0.3 is 0 Å². The third-order valence-electron chi connectivity index (χ3n) is 1.84. The highest BCUT2D eigenvalue weighted by Crippen LogP contribution is 2.17. The summed E-state index contributed by atoms with van der Waals surface area (Å²) in [7, 11) is 0. The fourth-order valence-corrected chi connectivity index (χ4v) is 1.22. The zero-order valence-electron chi connectivity index (χ0n) is 7.24. The van der Waals surface area contributed by atoms with Gasteiger partial charge in [0, 0.05) is 5.56 Å². The van der Waals surface area contributed by atoms with Crippen molar-refractivity contribution >= 4 is 0 Å². The molecule has 0 saturated carbocycles. The lowest BCUT2D eigenvalue weighted by atomic mass is 10.1. The van der Waals surface area contributed by atoms with E-state index >= 15 is 0 Å². The van der Waals surface area contributed by atoms with Crippen molar-refractivity contribution < 1.29 is 8.78 Å². The van der Waals surface area contributed by atoms with E-state index in [-0.39, 0.29) is 5.82 Å². The summed E-state index contributed by atoms with van der Waals surface area (Å²) in [5.74, 6) is -0.916. The molecule has 0 atom stereocenters. The number of hydrogen-bond donors (Lipinski definition) is 0. The van der Waals surface area contributed by atoms with Gasteiger partial charge in [0.25, 0.3) is 0 Å². The maximum absolute atomic E-state index is 12.8. The van der Waals surface area contributed by atoms with Crippen molar-refractivity contribution in [3.05, 3.63) is 54.2 Å². The maximum atomic E-state index is 12.8. The SMILES string of the molecule is Fc1cccc(-c2cccc(F)n2)c1. The molecule has 0 spiro atoms. The van der Waals surface area contributed by atoms with Crippen LogP contribution >= 0.6 is 0 Å². The van der Waals surface area contributed by atoms with E-state index in [9.17, 15) is 8.78 Å². The Labute approximate surface area is 80.0 Å². The van der Waals surface area contributed by atoms with Gasteiger partial charge in [-0.2, -0.15) is 4.39 Å². The van der Waals surface area contributed by atoms with Gasteiger partial charge < -0.3 is 0 Å². The van der Waals surface area contributed by atoms with E-state index in [1.165, 1.54) is 18.2 Å². The number of nitrogens with zero attached hydrogens (tertiary/aromatic N) is 1. The number of rotatable bonds is 1. The summed E-state index contributed by atoms with van der Waals surface area (Å²) in [6, 6.07) is 10.3. The smallest absolute Gasteiger partial charge is 0.213 e. The molecule has 0 fully saturated rings. The minimum absolute atomic E-state index is 0.353. The standard InChI is InChI=1S/C11H7F2N/c12-9-4-1-3-8(7-9)10-5-2-6-11(13)14-10/h1-7H. The first-order valence-electron chi connectivity index (χ1n) is 4.14. The first-order chi connectivity index (χ1) is 6.75. The van der Waals surface area contributed by atoms with Gasteiger partial charge in [0.1, 0.15) is 5.82 Å². The molecule has 0 aliphatic heterocycles. The number of aromatic nitrogens is 1. The Kier molecular flexibility index (Phi) is 2.23. The van der Waals surface area contributed by atoms with Gasteiger partial charge in [-0.05, 0) is 24.3 Å². The van der Waals surface area contributed by atoms with Crippen LogP contribution in [0.3, 0.4) is 0 Å². The van der Waals surface area contributed by atoms with Gasteiger partial charge in [-0.25, -0.2) is 9.37 Å². The van der Waals surface area contributed by atoms with Crippen LogP contribution in [-0.2, 0) is 0 Å². The Morgan fingerprint density at radius 1 is 0.929 bits per heavy atom. The summed E-state index contributed by atoms with van der Waals surface area (Å²) < 4.78 is 25.6. The van der Waals surface area contributed by atoms with Crippen molar-refractivity contribution in [3.63, 3.8) is 0 Å². The lowest BCUT2D eigenvalue weighted by molar-refractivity contribution is 0.585. The quantitative estimate of drug-likeness (QED) is 0.631. The number of pyridine rings is 1. The molecule has 0 saturated heterocycles. The molecule has 0 aliphatic carbocycles. The summed E-state index contributed by atoms with van der Waals surface area (Å²) in [6.07, 6.45) is 0. The summed E-state index contributed by atoms with van der Waals surface area (Å²) in [5, 5.41) is 0. The zero-order chi connectivity index (χ0) is 9.97. The van der Waals surface area contributed by atoms with E-state index < -0.39 is 5.95 Å². The molecule has 0 bridgehead atoms. The largest absolute Gasteiger partial charge is 0.220 e. The fraction of sp³-hybridized carbons (Fsp3) is 0. The van der Waals surface area contributed by atoms with Crippen LogP contribution in [0.25, 0.3) is 11.3 Å². The first kappa shape index (κ1) is 8.81. The lowest BCUT2D eigenvalue weighted by Crippen LogP contribution is -1.87. The minimum Gasteiger partial charge on any atom is -0.220 e. The van der Waals surface area contributed by atoms with E-state index in [1.54, 1.807) is 24.3 Å². The van der Waals surface area contributed by atoms with Crippen molar-refractivity contribution in [2.75, 3.05) is 0 Å². The molecule has 0 aliphatic rings. The van der Waals surface area contributed by atoms with Gasteiger partial charge in [-0.3, -0.25) is 0 Å². The highest BCUT2D eigenvalue weighted by atomic mass is 19.1. The van der Waals surface area contributed by atoms with Gasteiger partial charge in [-0.15, -0.1) is 0 Å². The van der Waals surface area contributed by atoms with Crippen LogP contribution in [0, 0.1) is 11.8 Å². The molecule has 0 N–H and O–H groups in total. The van der Waals surface area contributed by atoms with E-state index in [2.05, 4.69) is 4.98 Å². The van der Waals surface area contributed by atoms with Crippen molar-refractivity contribution in [2.45, 2.75) is 0 Å². The van der Waals surface area contributed by atoms with E-state index in [0.717, 1.165) is 0 Å². The van der Waals surface area contributed by atoms with Crippen LogP contribution in [-0.4, -0.2) is 4.98 Å². The molecule has 1 nitrogen and oxygen atoms in total. The molecule has 2 aromatic rings. The highest BCUT2D eigenvalue weighted by molar-refractivity contribution is 5.58. The van der Waals surface area contributed by atoms with Crippen LogP contribution in [0.1, 0.15) is 0 Å².